The minimum atomic E-state index is -1.42. The van der Waals surface area contributed by atoms with Gasteiger partial charge in [0, 0.05) is 5.92 Å². The van der Waals surface area contributed by atoms with Crippen molar-refractivity contribution in [3.05, 3.63) is 59.7 Å². The van der Waals surface area contributed by atoms with Gasteiger partial charge in [0.05, 0.1) is 0 Å². The molecule has 8 heteroatoms. The van der Waals surface area contributed by atoms with Gasteiger partial charge in [-0.25, -0.2) is 9.59 Å². The van der Waals surface area contributed by atoms with Crippen LogP contribution in [0.3, 0.4) is 0 Å². The molecule has 34 heavy (non-hydrogen) atoms. The summed E-state index contributed by atoms with van der Waals surface area (Å²) in [6.45, 7) is 3.78. The number of alkyl carbamates (subject to hydrolysis) is 1. The van der Waals surface area contributed by atoms with Crippen molar-refractivity contribution < 1.29 is 24.2 Å². The molecule has 182 valence electrons. The number of carboxylic acid groups (broad SMARTS) is 1. The molecule has 0 aromatic heterocycles. The first-order chi connectivity index (χ1) is 16.2. The predicted octanol–water partition coefficient (Wildman–Crippen LogP) is 3.21. The van der Waals surface area contributed by atoms with E-state index in [4.69, 9.17) is 4.74 Å². The third kappa shape index (κ3) is 5.56. The van der Waals surface area contributed by atoms with Gasteiger partial charge in [-0.05, 0) is 62.7 Å². The lowest BCUT2D eigenvalue weighted by Crippen LogP contribution is -2.58. The van der Waals surface area contributed by atoms with Gasteiger partial charge in [0.2, 0.25) is 5.91 Å². The zero-order valence-corrected chi connectivity index (χ0v) is 20.1. The third-order valence-electron chi connectivity index (χ3n) is 6.40. The Labute approximate surface area is 200 Å². The summed E-state index contributed by atoms with van der Waals surface area (Å²) in [7, 11) is 3.71. The minimum Gasteiger partial charge on any atom is -0.480 e. The molecule has 0 radical (unpaired) electrons. The number of carbonyl (C=O) groups excluding carboxylic acids is 2. The Morgan fingerprint density at radius 2 is 1.62 bits per heavy atom. The molecule has 0 saturated carbocycles. The van der Waals surface area contributed by atoms with Gasteiger partial charge in [0.25, 0.3) is 0 Å². The molecule has 0 fully saturated rings. The standard InChI is InChI=1S/C26H33N3O5/c1-5-26(2,24(31)32)28-23(30)22(14-15-29(3)4)27-25(33)34-16-21-19-12-8-6-10-17(19)18-11-7-9-13-20(18)21/h6-13,21-22H,5,14-16H2,1-4H3,(H,27,33)(H,28,30)(H,31,32). The topological polar surface area (TPSA) is 108 Å². The first kappa shape index (κ1) is 25.2. The van der Waals surface area contributed by atoms with E-state index in [1.54, 1.807) is 6.92 Å². The van der Waals surface area contributed by atoms with Crippen LogP contribution in [0.1, 0.15) is 43.7 Å². The Bertz CT molecular complexity index is 1010. The molecular formula is C26H33N3O5. The molecule has 8 nitrogen and oxygen atoms in total. The Morgan fingerprint density at radius 1 is 1.06 bits per heavy atom. The van der Waals surface area contributed by atoms with Crippen molar-refractivity contribution in [2.75, 3.05) is 27.2 Å². The molecule has 0 bridgehead atoms. The number of benzene rings is 2. The van der Waals surface area contributed by atoms with Crippen LogP contribution in [0.2, 0.25) is 0 Å². The van der Waals surface area contributed by atoms with Crippen molar-refractivity contribution in [1.29, 1.82) is 0 Å². The SMILES string of the molecule is CCC(C)(NC(=O)C(CCN(C)C)NC(=O)OCC1c2ccccc2-c2ccccc21)C(=O)O. The molecule has 0 aliphatic heterocycles. The molecule has 1 aliphatic rings. The van der Waals surface area contributed by atoms with Crippen LogP contribution in [0, 0.1) is 0 Å². The van der Waals surface area contributed by atoms with Crippen LogP contribution >= 0.6 is 0 Å². The number of hydrogen-bond acceptors (Lipinski definition) is 5. The highest BCUT2D eigenvalue weighted by Gasteiger charge is 2.36. The van der Waals surface area contributed by atoms with Crippen molar-refractivity contribution in [2.45, 2.75) is 44.2 Å². The maximum atomic E-state index is 12.9. The Kier molecular flexibility index (Phi) is 7.94. The molecule has 2 aromatic rings. The van der Waals surface area contributed by atoms with Crippen molar-refractivity contribution in [1.82, 2.24) is 15.5 Å². The van der Waals surface area contributed by atoms with Crippen LogP contribution in [0.5, 0.6) is 0 Å². The number of aliphatic carboxylic acids is 1. The number of nitrogens with zero attached hydrogens (tertiary/aromatic N) is 1. The van der Waals surface area contributed by atoms with Crippen LogP contribution < -0.4 is 10.6 Å². The normalized spacial score (nSPS) is 15.1. The number of rotatable bonds is 10. The summed E-state index contributed by atoms with van der Waals surface area (Å²) in [6.07, 6.45) is -0.198. The molecule has 2 atom stereocenters. The lowest BCUT2D eigenvalue weighted by Gasteiger charge is -2.28. The summed E-state index contributed by atoms with van der Waals surface area (Å²) < 4.78 is 5.57. The summed E-state index contributed by atoms with van der Waals surface area (Å²) in [5, 5.41) is 14.7. The Morgan fingerprint density at radius 3 is 2.12 bits per heavy atom. The lowest BCUT2D eigenvalue weighted by molar-refractivity contribution is -0.147. The molecule has 0 heterocycles. The van der Waals surface area contributed by atoms with Crippen molar-refractivity contribution in [2.24, 2.45) is 0 Å². The van der Waals surface area contributed by atoms with Gasteiger partial charge in [-0.3, -0.25) is 4.79 Å². The van der Waals surface area contributed by atoms with E-state index < -0.39 is 29.6 Å². The average Bonchev–Trinajstić information content (AvgIpc) is 3.13. The molecule has 1 aliphatic carbocycles. The minimum absolute atomic E-state index is 0.0948. The number of nitrogens with one attached hydrogen (secondary N) is 2. The zero-order valence-electron chi connectivity index (χ0n) is 20.1. The first-order valence-electron chi connectivity index (χ1n) is 11.5. The van der Waals surface area contributed by atoms with E-state index in [0.717, 1.165) is 22.3 Å². The summed E-state index contributed by atoms with van der Waals surface area (Å²) in [4.78, 5) is 39.1. The number of carbonyl (C=O) groups is 3. The number of fused-ring (bicyclic) bond motifs is 3. The lowest BCUT2D eigenvalue weighted by atomic mass is 9.98. The van der Waals surface area contributed by atoms with Crippen molar-refractivity contribution in [3.63, 3.8) is 0 Å². The molecular weight excluding hydrogens is 434 g/mol. The Hall–Kier alpha value is -3.39. The van der Waals surface area contributed by atoms with Crippen LogP contribution in [0.4, 0.5) is 4.79 Å². The Balaban J connectivity index is 1.69. The molecule has 3 rings (SSSR count). The number of amides is 2. The maximum Gasteiger partial charge on any atom is 0.407 e. The zero-order chi connectivity index (χ0) is 24.9. The van der Waals surface area contributed by atoms with Gasteiger partial charge < -0.3 is 25.4 Å². The highest BCUT2D eigenvalue weighted by Crippen LogP contribution is 2.44. The number of carboxylic acids is 1. The molecule has 3 N–H and O–H groups in total. The van der Waals surface area contributed by atoms with E-state index in [1.165, 1.54) is 6.92 Å². The van der Waals surface area contributed by atoms with Gasteiger partial charge in [-0.15, -0.1) is 0 Å². The fraction of sp³-hybridized carbons (Fsp3) is 0.423. The number of ether oxygens (including phenoxy) is 1. The van der Waals surface area contributed by atoms with E-state index >= 15 is 0 Å². The second kappa shape index (κ2) is 10.7. The summed E-state index contributed by atoms with van der Waals surface area (Å²) in [6, 6.07) is 15.2. The summed E-state index contributed by atoms with van der Waals surface area (Å²) in [5.41, 5.74) is 3.03. The van der Waals surface area contributed by atoms with E-state index in [9.17, 15) is 19.5 Å². The van der Waals surface area contributed by atoms with Gasteiger partial charge in [0.15, 0.2) is 0 Å². The average molecular weight is 468 g/mol. The molecule has 2 aromatic carbocycles. The van der Waals surface area contributed by atoms with Gasteiger partial charge >= 0.3 is 12.1 Å². The van der Waals surface area contributed by atoms with Gasteiger partial charge in [-0.1, -0.05) is 55.5 Å². The van der Waals surface area contributed by atoms with Crippen molar-refractivity contribution >= 4 is 18.0 Å². The van der Waals surface area contributed by atoms with Gasteiger partial charge in [0.1, 0.15) is 18.2 Å². The monoisotopic (exact) mass is 467 g/mol. The third-order valence-corrected chi connectivity index (χ3v) is 6.40. The van der Waals surface area contributed by atoms with E-state index in [0.29, 0.717) is 13.0 Å². The van der Waals surface area contributed by atoms with Gasteiger partial charge in [-0.2, -0.15) is 0 Å². The first-order valence-corrected chi connectivity index (χ1v) is 11.5. The molecule has 0 spiro atoms. The van der Waals surface area contributed by atoms with Crippen molar-refractivity contribution in [3.8, 4) is 11.1 Å². The molecule has 0 saturated heterocycles. The van der Waals surface area contributed by atoms with Crippen LogP contribution in [0.25, 0.3) is 11.1 Å². The second-order valence-corrected chi connectivity index (χ2v) is 9.09. The highest BCUT2D eigenvalue weighted by atomic mass is 16.5. The number of hydrogen-bond donors (Lipinski definition) is 3. The smallest absolute Gasteiger partial charge is 0.407 e. The summed E-state index contributed by atoms with van der Waals surface area (Å²) >= 11 is 0. The van der Waals surface area contributed by atoms with E-state index in [1.807, 2.05) is 55.4 Å². The summed E-state index contributed by atoms with van der Waals surface area (Å²) in [5.74, 6) is -1.78. The highest BCUT2D eigenvalue weighted by molar-refractivity contribution is 5.91. The largest absolute Gasteiger partial charge is 0.480 e. The predicted molar refractivity (Wildman–Crippen MR) is 130 cm³/mol. The fourth-order valence-corrected chi connectivity index (χ4v) is 4.09. The maximum absolute atomic E-state index is 12.9. The fourth-order valence-electron chi connectivity index (χ4n) is 4.09. The molecule has 2 amide bonds. The molecule has 2 unspecified atom stereocenters. The second-order valence-electron chi connectivity index (χ2n) is 9.09. The van der Waals surface area contributed by atoms with Crippen LogP contribution in [0.15, 0.2) is 48.5 Å². The van der Waals surface area contributed by atoms with E-state index in [-0.39, 0.29) is 18.9 Å². The van der Waals surface area contributed by atoms with Crippen LogP contribution in [-0.4, -0.2) is 66.8 Å². The van der Waals surface area contributed by atoms with Crippen LogP contribution in [-0.2, 0) is 14.3 Å². The van der Waals surface area contributed by atoms with E-state index in [2.05, 4.69) is 22.8 Å². The quantitative estimate of drug-likeness (QED) is 0.495.